The second-order valence-corrected chi connectivity index (χ2v) is 31.2. The van der Waals surface area contributed by atoms with E-state index in [0.717, 1.165) is 11.4 Å². The summed E-state index contributed by atoms with van der Waals surface area (Å²) in [6, 6.07) is 36.3. The Morgan fingerprint density at radius 1 is 0.391 bits per heavy atom. The van der Waals surface area contributed by atoms with Crippen LogP contribution in [0.25, 0.3) is 0 Å². The van der Waals surface area contributed by atoms with Crippen molar-refractivity contribution >= 4 is 49.8 Å². The van der Waals surface area contributed by atoms with E-state index >= 15 is 0 Å². The Balaban J connectivity index is 1.85. The lowest BCUT2D eigenvalue weighted by Gasteiger charge is -2.66. The minimum absolute atomic E-state index is 0.275. The Bertz CT molecular complexity index is 2310. The van der Waals surface area contributed by atoms with Crippen LogP contribution in [-0.2, 0) is 0 Å². The Morgan fingerprint density at radius 2 is 0.656 bits per heavy atom. The third-order valence-electron chi connectivity index (χ3n) is 13.3. The first kappa shape index (κ1) is 47.6. The molecule has 0 N–H and O–H groups in total. The molecule has 0 saturated carbocycles. The normalized spacial score (nSPS) is 20.6. The molecule has 7 rings (SSSR count). The molecule has 64 heavy (non-hydrogen) atoms. The molecule has 0 aliphatic carbocycles. The van der Waals surface area contributed by atoms with Crippen molar-refractivity contribution in [3.8, 4) is 0 Å². The molecular formula is C56H80N6Si2+2. The fourth-order valence-electron chi connectivity index (χ4n) is 11.1. The first-order valence-electron chi connectivity index (χ1n) is 24.2. The lowest BCUT2D eigenvalue weighted by molar-refractivity contribution is -0.520. The molecule has 4 aromatic rings. The van der Waals surface area contributed by atoms with Gasteiger partial charge in [0, 0.05) is 0 Å². The maximum absolute atomic E-state index is 6.54. The van der Waals surface area contributed by atoms with Crippen LogP contribution in [0.1, 0.15) is 196 Å². The van der Waals surface area contributed by atoms with Crippen LogP contribution in [0.5, 0.6) is 0 Å². The standard InChI is InChI=1S/C56H80N6Si2/c1-37(2)43-33-27-34-44(38(3)4)47(43)57-51-63(59(53(9,10)11)49(60(63)54(12,13)14)41-29-23-21-24-30-41)52(58-48-45(39(5)6)35-28-36-46(48)40(7)8)64(51)61(55(15,16)17)50(62(64)56(18,19)20)42-31-25-22-26-32-42/h21-40H,1-20H3/q+2. The summed E-state index contributed by atoms with van der Waals surface area (Å²) in [6.45, 7) is 47.9. The largest absolute Gasteiger partial charge is 0.583 e. The van der Waals surface area contributed by atoms with Crippen LogP contribution in [0.3, 0.4) is 0 Å². The van der Waals surface area contributed by atoms with Gasteiger partial charge in [0.25, 0.3) is 11.7 Å². The summed E-state index contributed by atoms with van der Waals surface area (Å²) in [7, 11) is -6.61. The van der Waals surface area contributed by atoms with E-state index in [1.54, 1.807) is 0 Å². The highest BCUT2D eigenvalue weighted by atomic mass is 28.5. The molecule has 0 aromatic heterocycles. The Kier molecular flexibility index (Phi) is 12.0. The van der Waals surface area contributed by atoms with E-state index in [1.807, 2.05) is 0 Å². The number of nitrogens with zero attached hydrogens (tertiary/aromatic N) is 6. The summed E-state index contributed by atoms with van der Waals surface area (Å²) in [5.74, 6) is 3.75. The first-order valence-corrected chi connectivity index (χ1v) is 27.9. The van der Waals surface area contributed by atoms with Gasteiger partial charge in [-0.1, -0.05) is 128 Å². The molecule has 1 saturated heterocycles. The van der Waals surface area contributed by atoms with Gasteiger partial charge in [-0.15, -0.1) is 0 Å². The molecular weight excluding hydrogens is 813 g/mol. The molecule has 340 valence electrons. The second kappa shape index (κ2) is 16.2. The number of rotatable bonds is 8. The van der Waals surface area contributed by atoms with Gasteiger partial charge < -0.3 is 0 Å². The maximum Gasteiger partial charge on any atom is 0.583 e. The van der Waals surface area contributed by atoms with Crippen LogP contribution >= 0.6 is 0 Å². The molecule has 0 atom stereocenters. The summed E-state index contributed by atoms with van der Waals surface area (Å²) in [4.78, 5) is 15.9. The van der Waals surface area contributed by atoms with E-state index in [0.29, 0.717) is 23.7 Å². The molecule has 0 bridgehead atoms. The van der Waals surface area contributed by atoms with Gasteiger partial charge in [0.2, 0.25) is 0 Å². The smallest absolute Gasteiger partial charge is 0.262 e. The van der Waals surface area contributed by atoms with Crippen LogP contribution in [0.15, 0.2) is 107 Å². The van der Waals surface area contributed by atoms with Gasteiger partial charge in [-0.25, -0.2) is 9.98 Å². The van der Waals surface area contributed by atoms with Crippen molar-refractivity contribution in [2.24, 2.45) is 9.98 Å². The van der Waals surface area contributed by atoms with Crippen LogP contribution in [-0.4, -0.2) is 78.2 Å². The van der Waals surface area contributed by atoms with E-state index in [1.165, 1.54) is 55.0 Å². The lowest BCUT2D eigenvalue weighted by Crippen LogP contribution is -3.09. The number of para-hydroxylation sites is 2. The monoisotopic (exact) mass is 893 g/mol. The third kappa shape index (κ3) is 7.24. The number of hydrogen-bond acceptors (Lipinski definition) is 4. The predicted octanol–water partition coefficient (Wildman–Crippen LogP) is 13.8. The Morgan fingerprint density at radius 3 is 0.875 bits per heavy atom. The SMILES string of the molecule is CC(C)c1cccc(C(C)C)c1N=C1[Si]2(C(=Nc3c(C(C)C)cccc3C(C)C)[Si]13N(C(C)(C)C)C(c1ccccc1)=[N+]3C(C)(C)C)N(C(C)(C)C)C(c1ccccc1)=[N+]2C(C)(C)C. The Hall–Kier alpha value is -4.41. The average molecular weight is 893 g/mol. The molecule has 3 aliphatic rings. The highest BCUT2D eigenvalue weighted by Crippen LogP contribution is 2.57. The number of aliphatic imine (C=N–C) groups is 2. The minimum atomic E-state index is -3.30. The molecule has 0 radical (unpaired) electrons. The zero-order valence-corrected chi connectivity index (χ0v) is 45.2. The fourth-order valence-corrected chi connectivity index (χ4v) is 27.6. The summed E-state index contributed by atoms with van der Waals surface area (Å²) in [5.41, 5.74) is 8.98. The summed E-state index contributed by atoms with van der Waals surface area (Å²) in [5, 5.41) is 0. The Labute approximate surface area is 390 Å². The van der Waals surface area contributed by atoms with Gasteiger partial charge in [-0.05, 0) is 153 Å². The molecule has 2 spiro atoms. The summed E-state index contributed by atoms with van der Waals surface area (Å²) < 4.78 is 11.6. The maximum atomic E-state index is 6.54. The summed E-state index contributed by atoms with van der Waals surface area (Å²) >= 11 is 0. The van der Waals surface area contributed by atoms with Gasteiger partial charge in [0.05, 0.1) is 44.7 Å². The fraction of sp³-hybridized carbons (Fsp3) is 0.500. The van der Waals surface area contributed by atoms with Crippen molar-refractivity contribution in [2.75, 3.05) is 0 Å². The highest BCUT2D eigenvalue weighted by Gasteiger charge is 3.03. The van der Waals surface area contributed by atoms with Crippen LogP contribution < -0.4 is 0 Å². The van der Waals surface area contributed by atoms with Gasteiger partial charge in [0.15, 0.2) is 9.92 Å². The van der Waals surface area contributed by atoms with Crippen molar-refractivity contribution in [3.05, 3.63) is 130 Å². The highest BCUT2D eigenvalue weighted by molar-refractivity contribution is 7.67. The van der Waals surface area contributed by atoms with Crippen molar-refractivity contribution in [1.29, 1.82) is 0 Å². The van der Waals surface area contributed by atoms with E-state index in [4.69, 9.17) is 9.98 Å². The average Bonchev–Trinajstić information content (AvgIpc) is 3.14. The zero-order valence-electron chi connectivity index (χ0n) is 43.2. The van der Waals surface area contributed by atoms with Crippen LogP contribution in [0.4, 0.5) is 11.4 Å². The van der Waals surface area contributed by atoms with E-state index in [9.17, 15) is 0 Å². The first-order chi connectivity index (χ1) is 29.6. The van der Waals surface area contributed by atoms with Crippen molar-refractivity contribution in [1.82, 2.24) is 9.13 Å². The van der Waals surface area contributed by atoms with Crippen LogP contribution in [0.2, 0.25) is 0 Å². The van der Waals surface area contributed by atoms with E-state index in [2.05, 4.69) is 253 Å². The van der Waals surface area contributed by atoms with E-state index < -0.39 is 16.8 Å². The molecule has 8 heteroatoms. The molecule has 0 amide bonds. The van der Waals surface area contributed by atoms with Crippen molar-refractivity contribution in [3.63, 3.8) is 0 Å². The van der Waals surface area contributed by atoms with Gasteiger partial charge in [-0.2, -0.15) is 0 Å². The number of amidine groups is 2. The van der Waals surface area contributed by atoms with Gasteiger partial charge in [0.1, 0.15) is 0 Å². The van der Waals surface area contributed by atoms with Crippen molar-refractivity contribution in [2.45, 2.75) is 184 Å². The number of hydrogen-bond donors (Lipinski definition) is 0. The molecule has 3 aliphatic heterocycles. The lowest BCUT2D eigenvalue weighted by atomic mass is 9.93. The van der Waals surface area contributed by atoms with E-state index in [-0.39, 0.29) is 22.2 Å². The number of benzene rings is 4. The van der Waals surface area contributed by atoms with Crippen LogP contribution in [0, 0.1) is 0 Å². The molecule has 0 unspecified atom stereocenters. The minimum Gasteiger partial charge on any atom is -0.262 e. The van der Waals surface area contributed by atoms with Crippen molar-refractivity contribution < 1.29 is 8.48 Å². The van der Waals surface area contributed by atoms with Gasteiger partial charge >= 0.3 is 16.8 Å². The molecule has 6 nitrogen and oxygen atoms in total. The predicted molar refractivity (Wildman–Crippen MR) is 279 cm³/mol. The topological polar surface area (TPSA) is 37.2 Å². The zero-order chi connectivity index (χ0) is 47.3. The van der Waals surface area contributed by atoms with Gasteiger partial charge in [-0.3, -0.25) is 17.6 Å². The molecule has 4 aromatic carbocycles. The summed E-state index contributed by atoms with van der Waals surface area (Å²) in [6.07, 6.45) is 0. The molecule has 3 heterocycles. The third-order valence-corrected chi connectivity index (χ3v) is 26.7. The second-order valence-electron chi connectivity index (χ2n) is 23.9. The quantitative estimate of drug-likeness (QED) is 0.165. The molecule has 1 fully saturated rings.